The van der Waals surface area contributed by atoms with Crippen LogP contribution in [0.1, 0.15) is 29.7 Å². The maximum atomic E-state index is 14.1. The molecule has 0 saturated heterocycles. The number of benzene rings is 2. The van der Waals surface area contributed by atoms with Crippen LogP contribution in [0.5, 0.6) is 0 Å². The molecule has 0 bridgehead atoms. The minimum Gasteiger partial charge on any atom is -0.313 e. The maximum Gasteiger partial charge on any atom is 0.137 e. The van der Waals surface area contributed by atoms with Crippen LogP contribution in [0.15, 0.2) is 47.4 Å². The van der Waals surface area contributed by atoms with E-state index in [2.05, 4.69) is 30.4 Å². The molecule has 0 heterocycles. The van der Waals surface area contributed by atoms with E-state index in [0.717, 1.165) is 16.2 Å². The zero-order valence-electron chi connectivity index (χ0n) is 12.1. The quantitative estimate of drug-likeness (QED) is 0.800. The molecule has 0 spiro atoms. The summed E-state index contributed by atoms with van der Waals surface area (Å²) in [5, 5.41) is 3.18. The summed E-state index contributed by atoms with van der Waals surface area (Å²) in [5.41, 5.74) is 3.48. The van der Waals surface area contributed by atoms with Gasteiger partial charge in [-0.2, -0.15) is 0 Å². The normalized spacial score (nSPS) is 12.4. The third-order valence-corrected chi connectivity index (χ3v) is 4.56. The van der Waals surface area contributed by atoms with E-state index in [1.807, 2.05) is 26.1 Å². The first-order chi connectivity index (χ1) is 9.61. The zero-order valence-corrected chi connectivity index (χ0v) is 12.9. The lowest BCUT2D eigenvalue weighted by atomic mass is 10.1. The van der Waals surface area contributed by atoms with Crippen LogP contribution in [0.4, 0.5) is 4.39 Å². The van der Waals surface area contributed by atoms with Crippen molar-refractivity contribution in [3.05, 3.63) is 65.0 Å². The number of rotatable bonds is 5. The molecule has 1 unspecified atom stereocenters. The van der Waals surface area contributed by atoms with Gasteiger partial charge in [0.05, 0.1) is 0 Å². The number of thioether (sulfide) groups is 1. The predicted molar refractivity (Wildman–Crippen MR) is 84.6 cm³/mol. The number of hydrogen-bond acceptors (Lipinski definition) is 2. The maximum absolute atomic E-state index is 14.1. The van der Waals surface area contributed by atoms with Gasteiger partial charge in [-0.1, -0.05) is 42.0 Å². The molecule has 0 aromatic heterocycles. The minimum atomic E-state index is -0.137. The Balaban J connectivity index is 2.20. The Morgan fingerprint density at radius 2 is 1.95 bits per heavy atom. The Morgan fingerprint density at radius 3 is 2.65 bits per heavy atom. The van der Waals surface area contributed by atoms with Crippen molar-refractivity contribution in [3.63, 3.8) is 0 Å². The molecule has 0 aliphatic rings. The van der Waals surface area contributed by atoms with Crippen molar-refractivity contribution in [1.82, 2.24) is 5.32 Å². The first kappa shape index (κ1) is 15.1. The van der Waals surface area contributed by atoms with Crippen LogP contribution in [0.3, 0.4) is 0 Å². The topological polar surface area (TPSA) is 12.0 Å². The summed E-state index contributed by atoms with van der Waals surface area (Å²) in [7, 11) is 1.89. The fraction of sp³-hybridized carbons (Fsp3) is 0.294. The molecule has 1 N–H and O–H groups in total. The van der Waals surface area contributed by atoms with E-state index in [0.29, 0.717) is 0 Å². The highest BCUT2D eigenvalue weighted by atomic mass is 32.2. The standard InChI is InChI=1S/C17H20FNS/c1-12-6-4-7-14(10-12)11-20-17-15(13(2)19-3)8-5-9-16(17)18/h4-10,13,19H,11H2,1-3H3. The lowest BCUT2D eigenvalue weighted by Gasteiger charge is -2.16. The number of hydrogen-bond donors (Lipinski definition) is 1. The van der Waals surface area contributed by atoms with E-state index in [-0.39, 0.29) is 11.9 Å². The van der Waals surface area contributed by atoms with Crippen LogP contribution in [0.2, 0.25) is 0 Å². The van der Waals surface area contributed by atoms with Gasteiger partial charge >= 0.3 is 0 Å². The molecule has 0 aliphatic carbocycles. The van der Waals surface area contributed by atoms with Gasteiger partial charge in [0.2, 0.25) is 0 Å². The third-order valence-electron chi connectivity index (χ3n) is 3.36. The van der Waals surface area contributed by atoms with E-state index in [9.17, 15) is 4.39 Å². The second-order valence-corrected chi connectivity index (χ2v) is 5.93. The molecule has 2 aromatic rings. The molecule has 1 nitrogen and oxygen atoms in total. The molecule has 3 heteroatoms. The highest BCUT2D eigenvalue weighted by Crippen LogP contribution is 2.32. The van der Waals surface area contributed by atoms with Gasteiger partial charge in [-0.3, -0.25) is 0 Å². The SMILES string of the molecule is CNC(C)c1cccc(F)c1SCc1cccc(C)c1. The van der Waals surface area contributed by atoms with Gasteiger partial charge in [0.25, 0.3) is 0 Å². The van der Waals surface area contributed by atoms with Crippen LogP contribution >= 0.6 is 11.8 Å². The molecule has 0 saturated carbocycles. The number of aryl methyl sites for hydroxylation is 1. The van der Waals surface area contributed by atoms with Crippen LogP contribution in [0, 0.1) is 12.7 Å². The predicted octanol–water partition coefficient (Wildman–Crippen LogP) is 4.71. The summed E-state index contributed by atoms with van der Waals surface area (Å²) in [4.78, 5) is 0.746. The van der Waals surface area contributed by atoms with Gasteiger partial charge < -0.3 is 5.32 Å². The molecule has 2 rings (SSSR count). The van der Waals surface area contributed by atoms with Crippen molar-refractivity contribution in [1.29, 1.82) is 0 Å². The zero-order chi connectivity index (χ0) is 14.5. The van der Waals surface area contributed by atoms with E-state index in [4.69, 9.17) is 0 Å². The average molecular weight is 289 g/mol. The summed E-state index contributed by atoms with van der Waals surface area (Å²) in [6, 6.07) is 13.8. The Kier molecular flexibility index (Phi) is 5.21. The Bertz CT molecular complexity index is 583. The Labute approximate surface area is 124 Å². The van der Waals surface area contributed by atoms with Crippen LogP contribution in [-0.2, 0) is 5.75 Å². The first-order valence-corrected chi connectivity index (χ1v) is 7.74. The van der Waals surface area contributed by atoms with Crippen molar-refractivity contribution in [2.75, 3.05) is 7.05 Å². The molecule has 20 heavy (non-hydrogen) atoms. The molecular formula is C17H20FNS. The Morgan fingerprint density at radius 1 is 1.20 bits per heavy atom. The van der Waals surface area contributed by atoms with Crippen LogP contribution in [-0.4, -0.2) is 7.05 Å². The highest BCUT2D eigenvalue weighted by Gasteiger charge is 2.13. The fourth-order valence-corrected chi connectivity index (χ4v) is 3.24. The van der Waals surface area contributed by atoms with Gasteiger partial charge in [-0.25, -0.2) is 4.39 Å². The van der Waals surface area contributed by atoms with E-state index in [1.165, 1.54) is 17.2 Å². The van der Waals surface area contributed by atoms with Gasteiger partial charge in [-0.05, 0) is 38.1 Å². The Hall–Kier alpha value is -1.32. The second kappa shape index (κ2) is 6.91. The number of nitrogens with one attached hydrogen (secondary N) is 1. The summed E-state index contributed by atoms with van der Waals surface area (Å²) >= 11 is 1.56. The monoisotopic (exact) mass is 289 g/mol. The van der Waals surface area contributed by atoms with Gasteiger partial charge in [0.1, 0.15) is 5.82 Å². The van der Waals surface area contributed by atoms with Crippen molar-refractivity contribution in [2.45, 2.75) is 30.5 Å². The molecular weight excluding hydrogens is 269 g/mol. The smallest absolute Gasteiger partial charge is 0.137 e. The molecule has 2 aromatic carbocycles. The van der Waals surface area contributed by atoms with E-state index < -0.39 is 0 Å². The largest absolute Gasteiger partial charge is 0.313 e. The van der Waals surface area contributed by atoms with Gasteiger partial charge in [0.15, 0.2) is 0 Å². The van der Waals surface area contributed by atoms with Gasteiger partial charge in [0, 0.05) is 16.7 Å². The van der Waals surface area contributed by atoms with E-state index >= 15 is 0 Å². The van der Waals surface area contributed by atoms with Crippen molar-refractivity contribution in [2.24, 2.45) is 0 Å². The molecule has 0 amide bonds. The first-order valence-electron chi connectivity index (χ1n) is 6.76. The average Bonchev–Trinajstić information content (AvgIpc) is 2.45. The highest BCUT2D eigenvalue weighted by molar-refractivity contribution is 7.98. The van der Waals surface area contributed by atoms with Crippen molar-refractivity contribution in [3.8, 4) is 0 Å². The fourth-order valence-electron chi connectivity index (χ4n) is 2.13. The third kappa shape index (κ3) is 3.62. The minimum absolute atomic E-state index is 0.137. The van der Waals surface area contributed by atoms with Crippen molar-refractivity contribution >= 4 is 11.8 Å². The lowest BCUT2D eigenvalue weighted by Crippen LogP contribution is -2.13. The summed E-state index contributed by atoms with van der Waals surface area (Å²) in [6.45, 7) is 4.12. The number of halogens is 1. The summed E-state index contributed by atoms with van der Waals surface area (Å²) in [5.74, 6) is 0.647. The summed E-state index contributed by atoms with van der Waals surface area (Å²) in [6.07, 6.45) is 0. The lowest BCUT2D eigenvalue weighted by molar-refractivity contribution is 0.576. The van der Waals surface area contributed by atoms with Gasteiger partial charge in [-0.15, -0.1) is 11.8 Å². The molecule has 0 fully saturated rings. The van der Waals surface area contributed by atoms with Crippen LogP contribution < -0.4 is 5.32 Å². The molecule has 0 radical (unpaired) electrons. The van der Waals surface area contributed by atoms with Crippen molar-refractivity contribution < 1.29 is 4.39 Å². The molecule has 1 atom stereocenters. The summed E-state index contributed by atoms with van der Waals surface area (Å²) < 4.78 is 14.1. The molecule has 106 valence electrons. The van der Waals surface area contributed by atoms with Crippen LogP contribution in [0.25, 0.3) is 0 Å². The second-order valence-electron chi connectivity index (χ2n) is 4.95. The molecule has 0 aliphatic heterocycles. The van der Waals surface area contributed by atoms with E-state index in [1.54, 1.807) is 17.8 Å².